The molecule has 0 saturated carbocycles. The predicted molar refractivity (Wildman–Crippen MR) is 107 cm³/mol. The van der Waals surface area contributed by atoms with Crippen molar-refractivity contribution in [1.82, 2.24) is 24.9 Å². The van der Waals surface area contributed by atoms with Crippen LogP contribution in [0.3, 0.4) is 0 Å². The number of nitrogen functional groups attached to an aromatic ring is 1. The topological polar surface area (TPSA) is 106 Å². The molecule has 0 fully saturated rings. The number of para-hydroxylation sites is 1. The van der Waals surface area contributed by atoms with Gasteiger partial charge in [0.1, 0.15) is 11.6 Å². The van der Waals surface area contributed by atoms with Crippen molar-refractivity contribution in [3.05, 3.63) is 30.1 Å². The molecule has 0 saturated heterocycles. The molecule has 1 atom stereocenters. The highest BCUT2D eigenvalue weighted by atomic mass is 32.2. The number of nitrogens with two attached hydrogens (primary N) is 1. The Kier molecular flexibility index (Phi) is 5.36. The molecular weight excluding hydrogens is 348 g/mol. The Morgan fingerprint density at radius 3 is 2.62 bits per heavy atom. The van der Waals surface area contributed by atoms with Gasteiger partial charge in [-0.15, -0.1) is 0 Å². The van der Waals surface area contributed by atoms with Crippen molar-refractivity contribution in [3.8, 4) is 0 Å². The molecule has 0 bridgehead atoms. The minimum absolute atomic E-state index is 0.0744. The number of fused-ring (bicyclic) bond motifs is 1. The maximum Gasteiger partial charge on any atom is 0.229 e. The van der Waals surface area contributed by atoms with E-state index < -0.39 is 0 Å². The second-order valence-corrected chi connectivity index (χ2v) is 7.22. The monoisotopic (exact) mass is 370 g/mol. The maximum atomic E-state index is 5.83. The van der Waals surface area contributed by atoms with Crippen LogP contribution in [0.15, 0.2) is 29.4 Å². The normalized spacial score (nSPS) is 12.2. The number of hydrogen-bond acceptors (Lipinski definition) is 9. The highest BCUT2D eigenvalue weighted by Gasteiger charge is 2.17. The SMILES string of the molecule is CCNc1nc(SC(C)c2nc(N)nc(N(C)C)n2)nc2ccccc12. The highest BCUT2D eigenvalue weighted by Crippen LogP contribution is 2.33. The quantitative estimate of drug-likeness (QED) is 0.500. The van der Waals surface area contributed by atoms with Crippen molar-refractivity contribution in [2.45, 2.75) is 24.3 Å². The van der Waals surface area contributed by atoms with Gasteiger partial charge in [0, 0.05) is 26.0 Å². The Morgan fingerprint density at radius 1 is 1.12 bits per heavy atom. The Balaban J connectivity index is 1.93. The van der Waals surface area contributed by atoms with Crippen molar-refractivity contribution in [2.24, 2.45) is 0 Å². The van der Waals surface area contributed by atoms with Crippen molar-refractivity contribution >= 4 is 40.4 Å². The van der Waals surface area contributed by atoms with E-state index in [4.69, 9.17) is 5.73 Å². The first-order valence-electron chi connectivity index (χ1n) is 8.34. The molecule has 0 spiro atoms. The molecule has 0 aliphatic carbocycles. The van der Waals surface area contributed by atoms with Gasteiger partial charge in [-0.2, -0.15) is 15.0 Å². The summed E-state index contributed by atoms with van der Waals surface area (Å²) in [6, 6.07) is 7.95. The Morgan fingerprint density at radius 2 is 1.88 bits per heavy atom. The average Bonchev–Trinajstić information content (AvgIpc) is 2.61. The van der Waals surface area contributed by atoms with Gasteiger partial charge in [0.15, 0.2) is 5.16 Å². The van der Waals surface area contributed by atoms with Gasteiger partial charge in [-0.3, -0.25) is 0 Å². The standard InChI is InChI=1S/C17H22N8S/c1-5-19-14-11-8-6-7-9-12(11)20-17(23-14)26-10(2)13-21-15(18)24-16(22-13)25(3)4/h6-10H,5H2,1-4H3,(H,19,20,23)(H2,18,21,22,24). The lowest BCUT2D eigenvalue weighted by Gasteiger charge is -2.15. The third-order valence-electron chi connectivity index (χ3n) is 3.63. The molecule has 2 aromatic heterocycles. The zero-order valence-electron chi connectivity index (χ0n) is 15.3. The van der Waals surface area contributed by atoms with Gasteiger partial charge < -0.3 is 16.0 Å². The molecule has 0 aliphatic heterocycles. The Hall–Kier alpha value is -2.68. The zero-order chi connectivity index (χ0) is 18.7. The lowest BCUT2D eigenvalue weighted by atomic mass is 10.2. The van der Waals surface area contributed by atoms with Gasteiger partial charge >= 0.3 is 0 Å². The lowest BCUT2D eigenvalue weighted by Crippen LogP contribution is -2.16. The summed E-state index contributed by atoms with van der Waals surface area (Å²) < 4.78 is 0. The summed E-state index contributed by atoms with van der Waals surface area (Å²) in [4.78, 5) is 24.0. The van der Waals surface area contributed by atoms with Gasteiger partial charge in [-0.05, 0) is 26.0 Å². The third kappa shape index (κ3) is 3.93. The summed E-state index contributed by atoms with van der Waals surface area (Å²) in [6.07, 6.45) is 0. The molecule has 0 radical (unpaired) electrons. The zero-order valence-corrected chi connectivity index (χ0v) is 16.1. The molecule has 0 aliphatic rings. The summed E-state index contributed by atoms with van der Waals surface area (Å²) in [5.41, 5.74) is 6.73. The highest BCUT2D eigenvalue weighted by molar-refractivity contribution is 7.99. The molecule has 1 unspecified atom stereocenters. The van der Waals surface area contributed by atoms with Gasteiger partial charge in [-0.1, -0.05) is 23.9 Å². The molecule has 1 aromatic carbocycles. The Bertz CT molecular complexity index is 914. The molecule has 9 heteroatoms. The summed E-state index contributed by atoms with van der Waals surface area (Å²) in [5, 5.41) is 4.90. The molecule has 3 N–H and O–H groups in total. The van der Waals surface area contributed by atoms with Crippen LogP contribution in [-0.2, 0) is 0 Å². The molecule has 136 valence electrons. The van der Waals surface area contributed by atoms with E-state index in [1.165, 1.54) is 11.8 Å². The van der Waals surface area contributed by atoms with Crippen LogP contribution in [0.25, 0.3) is 10.9 Å². The molecule has 26 heavy (non-hydrogen) atoms. The summed E-state index contributed by atoms with van der Waals surface area (Å²) in [7, 11) is 3.73. The third-order valence-corrected chi connectivity index (χ3v) is 4.59. The largest absolute Gasteiger partial charge is 0.370 e. The maximum absolute atomic E-state index is 5.83. The molecule has 3 rings (SSSR count). The second-order valence-electron chi connectivity index (χ2n) is 5.91. The van der Waals surface area contributed by atoms with E-state index in [9.17, 15) is 0 Å². The van der Waals surface area contributed by atoms with Crippen molar-refractivity contribution < 1.29 is 0 Å². The first-order valence-corrected chi connectivity index (χ1v) is 9.22. The van der Waals surface area contributed by atoms with E-state index in [1.54, 1.807) is 4.90 Å². The van der Waals surface area contributed by atoms with Gasteiger partial charge in [-0.25, -0.2) is 9.97 Å². The lowest BCUT2D eigenvalue weighted by molar-refractivity contribution is 0.859. The predicted octanol–water partition coefficient (Wildman–Crippen LogP) is 2.75. The van der Waals surface area contributed by atoms with Crippen molar-refractivity contribution in [3.63, 3.8) is 0 Å². The number of thioether (sulfide) groups is 1. The number of hydrogen-bond donors (Lipinski definition) is 2. The number of nitrogens with zero attached hydrogens (tertiary/aromatic N) is 6. The molecular formula is C17H22N8S. The number of rotatable bonds is 6. The average molecular weight is 370 g/mol. The number of nitrogens with one attached hydrogen (secondary N) is 1. The first-order chi connectivity index (χ1) is 12.5. The number of anilines is 3. The fourth-order valence-electron chi connectivity index (χ4n) is 2.40. The van der Waals surface area contributed by atoms with Crippen LogP contribution >= 0.6 is 11.8 Å². The van der Waals surface area contributed by atoms with E-state index in [2.05, 4.69) is 30.2 Å². The van der Waals surface area contributed by atoms with E-state index in [0.29, 0.717) is 16.9 Å². The minimum atomic E-state index is -0.0744. The van der Waals surface area contributed by atoms with Crippen LogP contribution in [-0.4, -0.2) is 45.6 Å². The smallest absolute Gasteiger partial charge is 0.229 e. The van der Waals surface area contributed by atoms with E-state index in [0.717, 1.165) is 23.3 Å². The van der Waals surface area contributed by atoms with Gasteiger partial charge in [0.25, 0.3) is 0 Å². The van der Waals surface area contributed by atoms with Crippen molar-refractivity contribution in [1.29, 1.82) is 0 Å². The first kappa shape index (κ1) is 18.1. The summed E-state index contributed by atoms with van der Waals surface area (Å²) >= 11 is 1.49. The van der Waals surface area contributed by atoms with Crippen LogP contribution < -0.4 is 16.0 Å². The van der Waals surface area contributed by atoms with Crippen LogP contribution in [0.2, 0.25) is 0 Å². The van der Waals surface area contributed by atoms with Crippen LogP contribution in [0.1, 0.15) is 24.9 Å². The fraction of sp³-hybridized carbons (Fsp3) is 0.353. The van der Waals surface area contributed by atoms with Crippen molar-refractivity contribution in [2.75, 3.05) is 36.6 Å². The molecule has 2 heterocycles. The Labute approximate surface area is 156 Å². The molecule has 0 amide bonds. The number of aromatic nitrogens is 5. The summed E-state index contributed by atoms with van der Waals surface area (Å²) in [5.74, 6) is 2.18. The van der Waals surface area contributed by atoms with Crippen LogP contribution in [0.4, 0.5) is 17.7 Å². The minimum Gasteiger partial charge on any atom is -0.370 e. The fourth-order valence-corrected chi connectivity index (χ4v) is 3.22. The molecule has 3 aromatic rings. The number of benzene rings is 1. The van der Waals surface area contributed by atoms with E-state index in [-0.39, 0.29) is 11.2 Å². The van der Waals surface area contributed by atoms with Crippen LogP contribution in [0, 0.1) is 0 Å². The van der Waals surface area contributed by atoms with Gasteiger partial charge in [0.05, 0.1) is 10.8 Å². The molecule has 8 nitrogen and oxygen atoms in total. The van der Waals surface area contributed by atoms with E-state index in [1.807, 2.05) is 52.2 Å². The van der Waals surface area contributed by atoms with Crippen LogP contribution in [0.5, 0.6) is 0 Å². The van der Waals surface area contributed by atoms with Gasteiger partial charge in [0.2, 0.25) is 11.9 Å². The second kappa shape index (κ2) is 7.69. The summed E-state index contributed by atoms with van der Waals surface area (Å²) in [6.45, 7) is 4.84. The van der Waals surface area contributed by atoms with E-state index >= 15 is 0 Å².